The predicted molar refractivity (Wildman–Crippen MR) is 66.2 cm³/mol. The van der Waals surface area contributed by atoms with Crippen LogP contribution < -0.4 is 5.32 Å². The van der Waals surface area contributed by atoms with Gasteiger partial charge < -0.3 is 5.32 Å². The second-order valence-corrected chi connectivity index (χ2v) is 6.26. The molecule has 5 heteroatoms. The highest BCUT2D eigenvalue weighted by Gasteiger charge is 2.30. The average molecular weight is 259 g/mol. The first kappa shape index (κ1) is 14.1. The summed E-state index contributed by atoms with van der Waals surface area (Å²) in [7, 11) is -1.92. The zero-order valence-corrected chi connectivity index (χ0v) is 11.1. The highest BCUT2D eigenvalue weighted by Crippen LogP contribution is 2.21. The summed E-state index contributed by atoms with van der Waals surface area (Å²) in [5, 5.41) is 2.29. The first-order chi connectivity index (χ1) is 7.95. The molecule has 2 atom stereocenters. The van der Waals surface area contributed by atoms with Gasteiger partial charge in [-0.3, -0.25) is 0 Å². The van der Waals surface area contributed by atoms with Crippen LogP contribution in [0.3, 0.4) is 0 Å². The summed E-state index contributed by atoms with van der Waals surface area (Å²) in [6.45, 7) is 3.50. The zero-order valence-electron chi connectivity index (χ0n) is 10.3. The van der Waals surface area contributed by atoms with E-state index in [2.05, 4.69) is 5.32 Å². The van der Waals surface area contributed by atoms with Crippen molar-refractivity contribution in [2.45, 2.75) is 36.5 Å². The molecule has 17 heavy (non-hydrogen) atoms. The Labute approximate surface area is 102 Å². The second-order valence-electron chi connectivity index (χ2n) is 3.98. The first-order valence-electron chi connectivity index (χ1n) is 5.60. The fourth-order valence-corrected chi connectivity index (χ4v) is 3.63. The van der Waals surface area contributed by atoms with Gasteiger partial charge in [-0.1, -0.05) is 19.1 Å². The van der Waals surface area contributed by atoms with Crippen molar-refractivity contribution in [2.24, 2.45) is 0 Å². The molecule has 3 nitrogen and oxygen atoms in total. The van der Waals surface area contributed by atoms with Crippen molar-refractivity contribution in [1.82, 2.24) is 5.32 Å². The maximum absolute atomic E-state index is 13.5. The summed E-state index contributed by atoms with van der Waals surface area (Å²) in [5.41, 5.74) is 0. The summed E-state index contributed by atoms with van der Waals surface area (Å²) >= 11 is 0. The van der Waals surface area contributed by atoms with Crippen molar-refractivity contribution in [1.29, 1.82) is 0 Å². The molecular weight excluding hydrogens is 241 g/mol. The normalized spacial score (nSPS) is 15.5. The third kappa shape index (κ3) is 2.84. The Kier molecular flexibility index (Phi) is 4.65. The van der Waals surface area contributed by atoms with Crippen LogP contribution in [0.5, 0.6) is 0 Å². The molecule has 0 saturated carbocycles. The Balaban J connectivity index is 3.16. The molecule has 0 spiro atoms. The van der Waals surface area contributed by atoms with Gasteiger partial charge in [0.15, 0.2) is 9.84 Å². The van der Waals surface area contributed by atoms with E-state index in [-0.39, 0.29) is 10.9 Å². The number of sulfone groups is 1. The first-order valence-corrected chi connectivity index (χ1v) is 7.15. The molecule has 1 aromatic carbocycles. The van der Waals surface area contributed by atoms with Crippen molar-refractivity contribution in [3.8, 4) is 0 Å². The molecule has 0 aliphatic carbocycles. The Morgan fingerprint density at radius 1 is 1.35 bits per heavy atom. The number of benzene rings is 1. The number of hydrogen-bond acceptors (Lipinski definition) is 3. The lowest BCUT2D eigenvalue weighted by atomic mass is 10.2. The summed E-state index contributed by atoms with van der Waals surface area (Å²) in [6, 6.07) is 5.31. The second kappa shape index (κ2) is 5.60. The van der Waals surface area contributed by atoms with Crippen LogP contribution in [0.15, 0.2) is 29.2 Å². The fourth-order valence-electron chi connectivity index (χ4n) is 1.86. The van der Waals surface area contributed by atoms with Crippen molar-refractivity contribution < 1.29 is 12.8 Å². The molecule has 2 unspecified atom stereocenters. The molecule has 0 aliphatic heterocycles. The largest absolute Gasteiger partial charge is 0.316 e. The quantitative estimate of drug-likeness (QED) is 0.879. The van der Waals surface area contributed by atoms with E-state index in [1.54, 1.807) is 14.0 Å². The third-order valence-electron chi connectivity index (χ3n) is 3.01. The van der Waals surface area contributed by atoms with Gasteiger partial charge in [0.2, 0.25) is 0 Å². The molecule has 0 saturated heterocycles. The Morgan fingerprint density at radius 3 is 2.41 bits per heavy atom. The van der Waals surface area contributed by atoms with Crippen LogP contribution in [0.2, 0.25) is 0 Å². The molecule has 0 amide bonds. The van der Waals surface area contributed by atoms with E-state index in [0.717, 1.165) is 0 Å². The van der Waals surface area contributed by atoms with Gasteiger partial charge in [-0.15, -0.1) is 0 Å². The standard InChI is InChI=1S/C12H18FNO2S/c1-4-11(14-3)9(2)17(15,16)12-8-6-5-7-10(12)13/h5-9,11,14H,4H2,1-3H3. The molecule has 0 radical (unpaired) electrons. The van der Waals surface area contributed by atoms with Gasteiger partial charge in [0.25, 0.3) is 0 Å². The third-order valence-corrected chi connectivity index (χ3v) is 5.26. The van der Waals surface area contributed by atoms with Crippen molar-refractivity contribution in [2.75, 3.05) is 7.05 Å². The van der Waals surface area contributed by atoms with Crippen LogP contribution in [0.25, 0.3) is 0 Å². The van der Waals surface area contributed by atoms with Gasteiger partial charge in [0.1, 0.15) is 10.7 Å². The minimum atomic E-state index is -3.63. The lowest BCUT2D eigenvalue weighted by Gasteiger charge is -2.22. The summed E-state index contributed by atoms with van der Waals surface area (Å²) < 4.78 is 38.0. The zero-order chi connectivity index (χ0) is 13.1. The minimum Gasteiger partial charge on any atom is -0.316 e. The van der Waals surface area contributed by atoms with Crippen LogP contribution in [0, 0.1) is 5.82 Å². The highest BCUT2D eigenvalue weighted by atomic mass is 32.2. The SMILES string of the molecule is CCC(NC)C(C)S(=O)(=O)c1ccccc1F. The Bertz CT molecular complexity index is 469. The molecule has 1 aromatic rings. The molecule has 0 aliphatic rings. The molecule has 1 rings (SSSR count). The van der Waals surface area contributed by atoms with E-state index in [4.69, 9.17) is 0 Å². The predicted octanol–water partition coefficient (Wildman–Crippen LogP) is 1.99. The lowest BCUT2D eigenvalue weighted by Crippen LogP contribution is -2.40. The van der Waals surface area contributed by atoms with E-state index in [1.165, 1.54) is 24.3 Å². The Hall–Kier alpha value is -0.940. The molecule has 0 bridgehead atoms. The molecule has 96 valence electrons. The van der Waals surface area contributed by atoms with Crippen LogP contribution in [0.1, 0.15) is 20.3 Å². The van der Waals surface area contributed by atoms with Crippen molar-refractivity contribution in [3.63, 3.8) is 0 Å². The Morgan fingerprint density at radius 2 is 1.94 bits per heavy atom. The van der Waals surface area contributed by atoms with Gasteiger partial charge in [0, 0.05) is 6.04 Å². The monoisotopic (exact) mass is 259 g/mol. The average Bonchev–Trinajstić information content (AvgIpc) is 2.30. The number of hydrogen-bond donors (Lipinski definition) is 1. The number of rotatable bonds is 5. The maximum Gasteiger partial charge on any atom is 0.185 e. The molecule has 0 fully saturated rings. The van der Waals surface area contributed by atoms with Crippen LogP contribution in [-0.4, -0.2) is 26.8 Å². The van der Waals surface area contributed by atoms with E-state index in [0.29, 0.717) is 6.42 Å². The molecular formula is C12H18FNO2S. The van der Waals surface area contributed by atoms with E-state index >= 15 is 0 Å². The van der Waals surface area contributed by atoms with E-state index < -0.39 is 20.9 Å². The van der Waals surface area contributed by atoms with Gasteiger partial charge in [0.05, 0.1) is 5.25 Å². The van der Waals surface area contributed by atoms with Crippen molar-refractivity contribution >= 4 is 9.84 Å². The summed E-state index contributed by atoms with van der Waals surface area (Å²) in [5.74, 6) is -0.690. The minimum absolute atomic E-state index is 0.181. The summed E-state index contributed by atoms with van der Waals surface area (Å²) in [4.78, 5) is -0.221. The van der Waals surface area contributed by atoms with E-state index in [9.17, 15) is 12.8 Å². The topological polar surface area (TPSA) is 46.2 Å². The lowest BCUT2D eigenvalue weighted by molar-refractivity contribution is 0.499. The molecule has 0 heterocycles. The summed E-state index contributed by atoms with van der Waals surface area (Å²) in [6.07, 6.45) is 0.672. The molecule has 0 aromatic heterocycles. The smallest absolute Gasteiger partial charge is 0.185 e. The van der Waals surface area contributed by atoms with Gasteiger partial charge in [-0.2, -0.15) is 0 Å². The molecule has 1 N–H and O–H groups in total. The van der Waals surface area contributed by atoms with Gasteiger partial charge >= 0.3 is 0 Å². The van der Waals surface area contributed by atoms with Crippen LogP contribution >= 0.6 is 0 Å². The maximum atomic E-state index is 13.5. The number of halogens is 1. The number of nitrogens with one attached hydrogen (secondary N) is 1. The van der Waals surface area contributed by atoms with Crippen LogP contribution in [0.4, 0.5) is 4.39 Å². The van der Waals surface area contributed by atoms with E-state index in [1.807, 2.05) is 6.92 Å². The fraction of sp³-hybridized carbons (Fsp3) is 0.500. The van der Waals surface area contributed by atoms with Crippen molar-refractivity contribution in [3.05, 3.63) is 30.1 Å². The van der Waals surface area contributed by atoms with Crippen LogP contribution in [-0.2, 0) is 9.84 Å². The van der Waals surface area contributed by atoms with Gasteiger partial charge in [-0.25, -0.2) is 12.8 Å². The van der Waals surface area contributed by atoms with Gasteiger partial charge in [-0.05, 0) is 32.5 Å². The highest BCUT2D eigenvalue weighted by molar-refractivity contribution is 7.92.